The number of nitrogens with two attached hydrogens (primary N) is 1. The van der Waals surface area contributed by atoms with E-state index in [1.165, 1.54) is 27.6 Å². The molecule has 0 aliphatic carbocycles. The minimum atomic E-state index is 0.675. The van der Waals surface area contributed by atoms with Crippen LogP contribution >= 0.6 is 11.6 Å². The van der Waals surface area contributed by atoms with Crippen molar-refractivity contribution in [3.05, 3.63) is 52.2 Å². The molecule has 0 radical (unpaired) electrons. The molecule has 0 saturated heterocycles. The Labute approximate surface area is 141 Å². The molecule has 0 saturated carbocycles. The fraction of sp³-hybridized carbons (Fsp3) is 0.316. The zero-order valence-corrected chi connectivity index (χ0v) is 14.4. The summed E-state index contributed by atoms with van der Waals surface area (Å²) < 4.78 is 0. The Hall–Kier alpha value is -1.84. The molecule has 0 atom stereocenters. The van der Waals surface area contributed by atoms with E-state index < -0.39 is 0 Å². The molecule has 4 heteroatoms. The highest BCUT2D eigenvalue weighted by atomic mass is 35.5. The van der Waals surface area contributed by atoms with E-state index in [9.17, 15) is 0 Å². The number of hydrogen-bond acceptors (Lipinski definition) is 2. The fourth-order valence-corrected chi connectivity index (χ4v) is 3.37. The summed E-state index contributed by atoms with van der Waals surface area (Å²) >= 11 is 6.40. The van der Waals surface area contributed by atoms with Gasteiger partial charge < -0.3 is 10.7 Å². The molecule has 0 amide bonds. The molecule has 0 unspecified atom stereocenters. The van der Waals surface area contributed by atoms with Crippen molar-refractivity contribution in [1.82, 2.24) is 9.97 Å². The highest BCUT2D eigenvalue weighted by Crippen LogP contribution is 2.36. The Morgan fingerprint density at radius 3 is 2.65 bits per heavy atom. The number of fused-ring (bicyclic) bond motifs is 1. The van der Waals surface area contributed by atoms with Crippen molar-refractivity contribution in [3.63, 3.8) is 0 Å². The summed E-state index contributed by atoms with van der Waals surface area (Å²) in [7, 11) is 0. The van der Waals surface area contributed by atoms with Crippen LogP contribution in [0.3, 0.4) is 0 Å². The largest absolute Gasteiger partial charge is 0.353 e. The quantitative estimate of drug-likeness (QED) is 0.662. The number of hydrogen-bond donors (Lipinski definition) is 2. The molecule has 0 spiro atoms. The van der Waals surface area contributed by atoms with Crippen molar-refractivity contribution in [2.24, 2.45) is 5.73 Å². The van der Waals surface area contributed by atoms with Crippen LogP contribution in [0.2, 0.25) is 5.02 Å². The Balaban J connectivity index is 2.24. The molecule has 0 aliphatic heterocycles. The van der Waals surface area contributed by atoms with Crippen LogP contribution in [-0.2, 0) is 6.42 Å². The topological polar surface area (TPSA) is 54.7 Å². The predicted molar refractivity (Wildman–Crippen MR) is 98.0 cm³/mol. The SMILES string of the molecule is Cc1ccc(C)c2c(CCCCN)c(-c3ncccc3Cl)[nH]c12. The Bertz CT molecular complexity index is 836. The normalized spacial score (nSPS) is 11.3. The molecule has 0 fully saturated rings. The van der Waals surface area contributed by atoms with Gasteiger partial charge >= 0.3 is 0 Å². The van der Waals surface area contributed by atoms with Gasteiger partial charge in [0.2, 0.25) is 0 Å². The fourth-order valence-electron chi connectivity index (χ4n) is 3.15. The van der Waals surface area contributed by atoms with Gasteiger partial charge in [0.25, 0.3) is 0 Å². The second-order valence-electron chi connectivity index (χ2n) is 6.01. The van der Waals surface area contributed by atoms with Gasteiger partial charge in [-0.05, 0) is 68.5 Å². The summed E-state index contributed by atoms with van der Waals surface area (Å²) in [6, 6.07) is 8.08. The lowest BCUT2D eigenvalue weighted by Crippen LogP contribution is -2.00. The molecule has 3 N–H and O–H groups in total. The van der Waals surface area contributed by atoms with E-state index in [1.54, 1.807) is 6.20 Å². The van der Waals surface area contributed by atoms with Crippen molar-refractivity contribution >= 4 is 22.5 Å². The highest BCUT2D eigenvalue weighted by molar-refractivity contribution is 6.33. The first-order valence-electron chi connectivity index (χ1n) is 8.05. The monoisotopic (exact) mass is 327 g/mol. The van der Waals surface area contributed by atoms with Crippen LogP contribution in [0.4, 0.5) is 0 Å². The van der Waals surface area contributed by atoms with Crippen molar-refractivity contribution in [3.8, 4) is 11.4 Å². The lowest BCUT2D eigenvalue weighted by Gasteiger charge is -2.07. The third-order valence-electron chi connectivity index (χ3n) is 4.35. The van der Waals surface area contributed by atoms with Crippen molar-refractivity contribution in [2.75, 3.05) is 6.54 Å². The lowest BCUT2D eigenvalue weighted by molar-refractivity contribution is 0.748. The number of H-pyrrole nitrogens is 1. The van der Waals surface area contributed by atoms with E-state index in [1.807, 2.05) is 12.1 Å². The molecule has 2 heterocycles. The van der Waals surface area contributed by atoms with Crippen LogP contribution < -0.4 is 5.73 Å². The molecule has 2 aromatic heterocycles. The molecular formula is C19H22ClN3. The van der Waals surface area contributed by atoms with E-state index >= 15 is 0 Å². The first kappa shape index (κ1) is 16.0. The van der Waals surface area contributed by atoms with E-state index in [0.717, 1.165) is 37.2 Å². The second-order valence-corrected chi connectivity index (χ2v) is 6.41. The van der Waals surface area contributed by atoms with Crippen molar-refractivity contribution in [1.29, 1.82) is 0 Å². The van der Waals surface area contributed by atoms with Gasteiger partial charge in [-0.2, -0.15) is 0 Å². The van der Waals surface area contributed by atoms with Gasteiger partial charge in [-0.1, -0.05) is 23.7 Å². The van der Waals surface area contributed by atoms with Crippen LogP contribution in [0, 0.1) is 13.8 Å². The van der Waals surface area contributed by atoms with E-state index in [-0.39, 0.29) is 0 Å². The second kappa shape index (κ2) is 6.73. The molecule has 23 heavy (non-hydrogen) atoms. The molecule has 1 aromatic carbocycles. The number of halogens is 1. The minimum absolute atomic E-state index is 0.675. The molecule has 0 bridgehead atoms. The van der Waals surface area contributed by atoms with Crippen LogP contribution in [0.15, 0.2) is 30.5 Å². The summed E-state index contributed by atoms with van der Waals surface area (Å²) in [5, 5.41) is 1.98. The predicted octanol–water partition coefficient (Wildman–Crippen LogP) is 4.78. The minimum Gasteiger partial charge on any atom is -0.353 e. The molecule has 120 valence electrons. The van der Waals surface area contributed by atoms with Gasteiger partial charge in [0.15, 0.2) is 0 Å². The van der Waals surface area contributed by atoms with Gasteiger partial charge in [-0.25, -0.2) is 0 Å². The number of nitrogens with zero attached hydrogens (tertiary/aromatic N) is 1. The van der Waals surface area contributed by atoms with E-state index in [4.69, 9.17) is 17.3 Å². The number of aryl methyl sites for hydroxylation is 3. The van der Waals surface area contributed by atoms with Gasteiger partial charge in [0.05, 0.1) is 10.7 Å². The summed E-state index contributed by atoms with van der Waals surface area (Å²) in [5.41, 5.74) is 12.5. The standard InChI is InChI=1S/C19H22ClN3/c1-12-8-9-13(2)17-16(12)14(6-3-4-10-21)18(23-17)19-15(20)7-5-11-22-19/h5,7-9,11,23H,3-4,6,10,21H2,1-2H3. The molecule has 3 rings (SSSR count). The summed E-state index contributed by atoms with van der Waals surface area (Å²) in [4.78, 5) is 8.08. The average Bonchev–Trinajstić information content (AvgIpc) is 2.92. The van der Waals surface area contributed by atoms with E-state index in [0.29, 0.717) is 5.02 Å². The molecular weight excluding hydrogens is 306 g/mol. The van der Waals surface area contributed by atoms with Crippen molar-refractivity contribution < 1.29 is 0 Å². The van der Waals surface area contributed by atoms with Crippen LogP contribution in [0.25, 0.3) is 22.3 Å². The summed E-state index contributed by atoms with van der Waals surface area (Å²) in [6.07, 6.45) is 4.85. The molecule has 3 aromatic rings. The summed E-state index contributed by atoms with van der Waals surface area (Å²) in [5.74, 6) is 0. The Morgan fingerprint density at radius 1 is 1.13 bits per heavy atom. The van der Waals surface area contributed by atoms with Crippen molar-refractivity contribution in [2.45, 2.75) is 33.1 Å². The van der Waals surface area contributed by atoms with Gasteiger partial charge in [-0.3, -0.25) is 4.98 Å². The number of benzene rings is 1. The maximum atomic E-state index is 6.40. The number of aromatic amines is 1. The third-order valence-corrected chi connectivity index (χ3v) is 4.66. The average molecular weight is 328 g/mol. The lowest BCUT2D eigenvalue weighted by atomic mass is 9.98. The highest BCUT2D eigenvalue weighted by Gasteiger charge is 2.18. The molecule has 0 aliphatic rings. The first-order chi connectivity index (χ1) is 11.1. The zero-order valence-electron chi connectivity index (χ0n) is 13.6. The maximum Gasteiger partial charge on any atom is 0.105 e. The molecule has 3 nitrogen and oxygen atoms in total. The third kappa shape index (κ3) is 2.99. The number of aromatic nitrogens is 2. The smallest absolute Gasteiger partial charge is 0.105 e. The zero-order chi connectivity index (χ0) is 16.4. The Morgan fingerprint density at radius 2 is 1.91 bits per heavy atom. The van der Waals surface area contributed by atoms with Crippen LogP contribution in [0.1, 0.15) is 29.5 Å². The van der Waals surface area contributed by atoms with Gasteiger partial charge in [0, 0.05) is 17.1 Å². The van der Waals surface area contributed by atoms with Gasteiger partial charge in [-0.15, -0.1) is 0 Å². The number of pyridine rings is 1. The Kier molecular flexibility index (Phi) is 4.69. The number of nitrogens with one attached hydrogen (secondary N) is 1. The van der Waals surface area contributed by atoms with Gasteiger partial charge in [0.1, 0.15) is 5.69 Å². The maximum absolute atomic E-state index is 6.40. The van der Waals surface area contributed by atoms with Crippen LogP contribution in [-0.4, -0.2) is 16.5 Å². The summed E-state index contributed by atoms with van der Waals surface area (Å²) in [6.45, 7) is 5.01. The number of rotatable bonds is 5. The van der Waals surface area contributed by atoms with E-state index in [2.05, 4.69) is 35.9 Å². The first-order valence-corrected chi connectivity index (χ1v) is 8.43. The van der Waals surface area contributed by atoms with Crippen LogP contribution in [0.5, 0.6) is 0 Å². The number of unbranched alkanes of at least 4 members (excludes halogenated alkanes) is 1.